The van der Waals surface area contributed by atoms with Crippen molar-refractivity contribution in [2.45, 2.75) is 58.2 Å². The molecule has 3 nitrogen and oxygen atoms in total. The number of aryl methyl sites for hydroxylation is 2. The number of carbonyl (C=O) groups is 1. The molecule has 1 aromatic rings. The number of hydrogen-bond acceptors (Lipinski definition) is 2. The Bertz CT molecular complexity index is 548. The number of nitrogens with one attached hydrogen (secondary N) is 1. The van der Waals surface area contributed by atoms with Crippen LogP contribution >= 0.6 is 0 Å². The first-order valence-electron chi connectivity index (χ1n) is 8.14. The molecular formula is C18H27NO2S. The third kappa shape index (κ3) is 5.24. The first-order chi connectivity index (χ1) is 10.4. The molecule has 2 rings (SSSR count). The van der Waals surface area contributed by atoms with E-state index in [2.05, 4.69) is 24.4 Å². The predicted octanol–water partition coefficient (Wildman–Crippen LogP) is 3.25. The molecule has 1 saturated carbocycles. The van der Waals surface area contributed by atoms with Crippen LogP contribution in [0.4, 0.5) is 0 Å². The summed E-state index contributed by atoms with van der Waals surface area (Å²) in [6, 6.07) is 6.44. The minimum atomic E-state index is -1.14. The van der Waals surface area contributed by atoms with Crippen molar-refractivity contribution < 1.29 is 9.00 Å². The topological polar surface area (TPSA) is 46.2 Å². The number of hydrogen-bond donors (Lipinski definition) is 1. The molecule has 122 valence electrons. The fourth-order valence-corrected chi connectivity index (χ4v) is 4.14. The summed E-state index contributed by atoms with van der Waals surface area (Å²) in [4.78, 5) is 12.0. The van der Waals surface area contributed by atoms with Crippen molar-refractivity contribution in [1.82, 2.24) is 5.32 Å². The smallest absolute Gasteiger partial charge is 0.232 e. The molecule has 0 saturated heterocycles. The minimum absolute atomic E-state index is 0.0665. The van der Waals surface area contributed by atoms with Crippen LogP contribution in [0.1, 0.15) is 49.3 Å². The van der Waals surface area contributed by atoms with Gasteiger partial charge in [0.05, 0.1) is 0 Å². The lowest BCUT2D eigenvalue weighted by atomic mass is 9.87. The fraction of sp³-hybridized carbons (Fsp3) is 0.611. The molecular weight excluding hydrogens is 294 g/mol. The van der Waals surface area contributed by atoms with Crippen molar-refractivity contribution in [2.75, 3.05) is 5.75 Å². The molecule has 1 amide bonds. The summed E-state index contributed by atoms with van der Waals surface area (Å²) in [5.74, 6) is 1.27. The fourth-order valence-electron chi connectivity index (χ4n) is 3.00. The van der Waals surface area contributed by atoms with E-state index < -0.39 is 10.8 Å². The van der Waals surface area contributed by atoms with Crippen LogP contribution in [0.3, 0.4) is 0 Å². The van der Waals surface area contributed by atoms with E-state index in [1.807, 2.05) is 19.9 Å². The first kappa shape index (κ1) is 17.2. The summed E-state index contributed by atoms with van der Waals surface area (Å²) in [6.07, 6.45) is 4.46. The zero-order chi connectivity index (χ0) is 16.1. The number of rotatable bonds is 5. The highest BCUT2D eigenvalue weighted by atomic mass is 32.2. The third-order valence-corrected chi connectivity index (χ3v) is 5.71. The summed E-state index contributed by atoms with van der Waals surface area (Å²) in [5, 5.41) is 3.05. The van der Waals surface area contributed by atoms with E-state index in [1.165, 1.54) is 18.4 Å². The second-order valence-electron chi connectivity index (χ2n) is 6.68. The SMILES string of the molecule is Cc1ccc(C)c(CS(=O)CC(=O)NC2CCC(C)CC2)c1. The van der Waals surface area contributed by atoms with Crippen molar-refractivity contribution in [1.29, 1.82) is 0 Å². The standard InChI is InChI=1S/C18H27NO2S/c1-13-5-8-17(9-6-13)19-18(20)12-22(21)11-16-10-14(2)4-7-15(16)3/h4,7,10,13,17H,5-6,8-9,11-12H2,1-3H3,(H,19,20). The first-order valence-corrected chi connectivity index (χ1v) is 9.63. The van der Waals surface area contributed by atoms with Gasteiger partial charge in [-0.05, 0) is 56.6 Å². The highest BCUT2D eigenvalue weighted by Crippen LogP contribution is 2.23. The molecule has 0 spiro atoms. The lowest BCUT2D eigenvalue weighted by molar-refractivity contribution is -0.119. The van der Waals surface area contributed by atoms with E-state index in [4.69, 9.17) is 0 Å². The lowest BCUT2D eigenvalue weighted by Gasteiger charge is -2.26. The van der Waals surface area contributed by atoms with Crippen LogP contribution in [-0.2, 0) is 21.3 Å². The van der Waals surface area contributed by atoms with Gasteiger partial charge in [-0.2, -0.15) is 0 Å². The Morgan fingerprint density at radius 3 is 2.59 bits per heavy atom. The highest BCUT2D eigenvalue weighted by Gasteiger charge is 2.20. The summed E-state index contributed by atoms with van der Waals surface area (Å²) in [6.45, 7) is 6.31. The van der Waals surface area contributed by atoms with Gasteiger partial charge in [0, 0.05) is 22.6 Å². The van der Waals surface area contributed by atoms with E-state index in [0.29, 0.717) is 5.75 Å². The van der Waals surface area contributed by atoms with E-state index in [9.17, 15) is 9.00 Å². The molecule has 1 aliphatic rings. The van der Waals surface area contributed by atoms with Crippen molar-refractivity contribution >= 4 is 16.7 Å². The van der Waals surface area contributed by atoms with Gasteiger partial charge in [0.1, 0.15) is 5.75 Å². The second kappa shape index (κ2) is 7.91. The number of carbonyl (C=O) groups excluding carboxylic acids is 1. The van der Waals surface area contributed by atoms with Gasteiger partial charge in [-0.1, -0.05) is 30.7 Å². The predicted molar refractivity (Wildman–Crippen MR) is 92.2 cm³/mol. The molecule has 1 atom stereocenters. The molecule has 1 aliphatic carbocycles. The maximum atomic E-state index is 12.2. The monoisotopic (exact) mass is 321 g/mol. The van der Waals surface area contributed by atoms with Crippen molar-refractivity contribution in [3.05, 3.63) is 34.9 Å². The molecule has 0 heterocycles. The van der Waals surface area contributed by atoms with Crippen LogP contribution in [0.5, 0.6) is 0 Å². The molecule has 22 heavy (non-hydrogen) atoms. The average molecular weight is 321 g/mol. The van der Waals surface area contributed by atoms with Gasteiger partial charge in [0.15, 0.2) is 0 Å². The van der Waals surface area contributed by atoms with E-state index in [1.54, 1.807) is 0 Å². The van der Waals surface area contributed by atoms with Gasteiger partial charge < -0.3 is 5.32 Å². The molecule has 1 unspecified atom stereocenters. The summed E-state index contributed by atoms with van der Waals surface area (Å²) in [5.41, 5.74) is 3.39. The minimum Gasteiger partial charge on any atom is -0.353 e. The zero-order valence-electron chi connectivity index (χ0n) is 13.9. The Balaban J connectivity index is 1.81. The molecule has 1 N–H and O–H groups in total. The average Bonchev–Trinajstić information content (AvgIpc) is 2.45. The highest BCUT2D eigenvalue weighted by molar-refractivity contribution is 7.84. The van der Waals surface area contributed by atoms with Gasteiger partial charge in [-0.25, -0.2) is 0 Å². The normalized spacial score (nSPS) is 23.0. The second-order valence-corrected chi connectivity index (χ2v) is 8.14. The molecule has 1 aromatic carbocycles. The van der Waals surface area contributed by atoms with Crippen molar-refractivity contribution in [3.63, 3.8) is 0 Å². The van der Waals surface area contributed by atoms with Crippen LogP contribution in [-0.4, -0.2) is 21.9 Å². The third-order valence-electron chi connectivity index (χ3n) is 4.49. The Morgan fingerprint density at radius 1 is 1.23 bits per heavy atom. The summed E-state index contributed by atoms with van der Waals surface area (Å²) < 4.78 is 12.2. The Hall–Kier alpha value is -1.16. The Kier molecular flexibility index (Phi) is 6.18. The molecule has 4 heteroatoms. The quantitative estimate of drug-likeness (QED) is 0.905. The van der Waals surface area contributed by atoms with E-state index >= 15 is 0 Å². The van der Waals surface area contributed by atoms with Gasteiger partial charge in [0.25, 0.3) is 0 Å². The summed E-state index contributed by atoms with van der Waals surface area (Å²) in [7, 11) is -1.14. The molecule has 1 fully saturated rings. The van der Waals surface area contributed by atoms with E-state index in [-0.39, 0.29) is 17.7 Å². The lowest BCUT2D eigenvalue weighted by Crippen LogP contribution is -2.39. The maximum Gasteiger partial charge on any atom is 0.232 e. The van der Waals surface area contributed by atoms with Gasteiger partial charge in [0.2, 0.25) is 5.91 Å². The van der Waals surface area contributed by atoms with Crippen molar-refractivity contribution in [2.24, 2.45) is 5.92 Å². The van der Waals surface area contributed by atoms with Gasteiger partial charge in [-0.3, -0.25) is 9.00 Å². The number of amides is 1. The van der Waals surface area contributed by atoms with Gasteiger partial charge in [-0.15, -0.1) is 0 Å². The maximum absolute atomic E-state index is 12.2. The van der Waals surface area contributed by atoms with Gasteiger partial charge >= 0.3 is 0 Å². The largest absolute Gasteiger partial charge is 0.353 e. The molecule has 0 aromatic heterocycles. The Morgan fingerprint density at radius 2 is 1.91 bits per heavy atom. The van der Waals surface area contributed by atoms with Crippen LogP contribution in [0.25, 0.3) is 0 Å². The van der Waals surface area contributed by atoms with Crippen molar-refractivity contribution in [3.8, 4) is 0 Å². The van der Waals surface area contributed by atoms with Crippen LogP contribution in [0.15, 0.2) is 18.2 Å². The molecule has 0 radical (unpaired) electrons. The Labute approximate surface area is 136 Å². The van der Waals surface area contributed by atoms with E-state index in [0.717, 1.165) is 29.9 Å². The zero-order valence-corrected chi connectivity index (χ0v) is 14.7. The summed E-state index contributed by atoms with van der Waals surface area (Å²) >= 11 is 0. The molecule has 0 aliphatic heterocycles. The number of benzene rings is 1. The van der Waals surface area contributed by atoms with Crippen LogP contribution in [0, 0.1) is 19.8 Å². The molecule has 0 bridgehead atoms. The van der Waals surface area contributed by atoms with Crippen LogP contribution < -0.4 is 5.32 Å². The van der Waals surface area contributed by atoms with Crippen LogP contribution in [0.2, 0.25) is 0 Å².